The van der Waals surface area contributed by atoms with E-state index in [0.29, 0.717) is 5.69 Å². The molecule has 2 aromatic rings. The summed E-state index contributed by atoms with van der Waals surface area (Å²) in [5, 5.41) is 2.60. The monoisotopic (exact) mass is 385 g/mol. The fourth-order valence-electron chi connectivity index (χ4n) is 1.98. The highest BCUT2D eigenvalue weighted by Gasteiger charge is 2.26. The molecule has 2 rings (SSSR count). The van der Waals surface area contributed by atoms with Gasteiger partial charge in [-0.25, -0.2) is 8.42 Å². The Morgan fingerprint density at radius 1 is 1.08 bits per heavy atom. The van der Waals surface area contributed by atoms with Gasteiger partial charge in [-0.3, -0.25) is 4.79 Å². The second-order valence-corrected chi connectivity index (χ2v) is 8.38. The molecular weight excluding hydrogens is 368 g/mol. The van der Waals surface area contributed by atoms with Crippen LogP contribution in [0.4, 0.5) is 14.5 Å². The number of nitrogens with one attached hydrogen (secondary N) is 1. The van der Waals surface area contributed by atoms with E-state index in [2.05, 4.69) is 5.32 Å². The Balaban J connectivity index is 1.95. The van der Waals surface area contributed by atoms with Gasteiger partial charge in [-0.2, -0.15) is 8.78 Å². The molecule has 0 aromatic heterocycles. The molecule has 0 aliphatic heterocycles. The molecule has 4 nitrogen and oxygen atoms in total. The normalized spacial score (nSPS) is 11.6. The third kappa shape index (κ3) is 5.02. The van der Waals surface area contributed by atoms with Crippen molar-refractivity contribution < 1.29 is 22.0 Å². The van der Waals surface area contributed by atoms with E-state index in [9.17, 15) is 22.0 Å². The molecule has 1 N–H and O–H groups in total. The number of anilines is 1. The summed E-state index contributed by atoms with van der Waals surface area (Å²) in [5.74, 6) is -3.56. The summed E-state index contributed by atoms with van der Waals surface area (Å²) >= 11 is 1.37. The van der Waals surface area contributed by atoms with Crippen LogP contribution in [-0.4, -0.2) is 25.8 Å². The Hall–Kier alpha value is -1.93. The molecular formula is C17H17F2NO3S2. The lowest BCUT2D eigenvalue weighted by Gasteiger charge is -2.08. The third-order valence-electron chi connectivity index (χ3n) is 3.55. The fourth-order valence-corrected chi connectivity index (χ4v) is 3.50. The molecule has 0 bridgehead atoms. The number of hydrogen-bond acceptors (Lipinski definition) is 4. The molecule has 0 aliphatic carbocycles. The number of thioether (sulfide) groups is 1. The van der Waals surface area contributed by atoms with Crippen LogP contribution in [0.5, 0.6) is 0 Å². The second-order valence-electron chi connectivity index (χ2n) is 5.41. The van der Waals surface area contributed by atoms with E-state index in [4.69, 9.17) is 0 Å². The average Bonchev–Trinajstić information content (AvgIpc) is 2.56. The minimum absolute atomic E-state index is 0.180. The Morgan fingerprint density at radius 2 is 1.72 bits per heavy atom. The molecule has 0 heterocycles. The van der Waals surface area contributed by atoms with Crippen molar-refractivity contribution in [3.63, 3.8) is 0 Å². The number of amides is 1. The highest BCUT2D eigenvalue weighted by atomic mass is 32.2. The molecule has 134 valence electrons. The zero-order valence-corrected chi connectivity index (χ0v) is 15.3. The van der Waals surface area contributed by atoms with Crippen molar-refractivity contribution in [3.05, 3.63) is 53.6 Å². The van der Waals surface area contributed by atoms with E-state index < -0.39 is 20.5 Å². The van der Waals surface area contributed by atoms with Crippen LogP contribution in [0.2, 0.25) is 0 Å². The average molecular weight is 385 g/mol. The number of sulfone groups is 1. The summed E-state index contributed by atoms with van der Waals surface area (Å²) in [4.78, 5) is 12.4. The van der Waals surface area contributed by atoms with Crippen molar-refractivity contribution in [1.82, 2.24) is 0 Å². The fraction of sp³-hybridized carbons (Fsp3) is 0.235. The number of carbonyl (C=O) groups is 1. The van der Waals surface area contributed by atoms with Crippen molar-refractivity contribution in [1.29, 1.82) is 0 Å². The Labute approximate surface area is 149 Å². The maximum absolute atomic E-state index is 12.5. The molecule has 0 atom stereocenters. The number of benzene rings is 2. The molecule has 0 fully saturated rings. The number of rotatable bonds is 6. The molecule has 2 aromatic carbocycles. The van der Waals surface area contributed by atoms with Crippen LogP contribution in [0.25, 0.3) is 0 Å². The summed E-state index contributed by atoms with van der Waals surface area (Å²) in [6, 6.07) is 10.6. The zero-order chi connectivity index (χ0) is 18.6. The largest absolute Gasteiger partial charge is 0.341 e. The highest BCUT2D eigenvalue weighted by Crippen LogP contribution is 2.22. The van der Waals surface area contributed by atoms with Crippen molar-refractivity contribution in [2.75, 3.05) is 11.1 Å². The number of alkyl halides is 2. The number of halogens is 2. The first kappa shape index (κ1) is 19.4. The Morgan fingerprint density at radius 3 is 2.28 bits per heavy atom. The predicted molar refractivity (Wildman–Crippen MR) is 94.9 cm³/mol. The van der Waals surface area contributed by atoms with Crippen molar-refractivity contribution >= 4 is 33.2 Å². The minimum atomic E-state index is -4.63. The lowest BCUT2D eigenvalue weighted by molar-refractivity contribution is -0.113. The molecule has 0 aliphatic rings. The molecule has 0 radical (unpaired) electrons. The van der Waals surface area contributed by atoms with Crippen LogP contribution in [-0.2, 0) is 14.6 Å². The first-order chi connectivity index (χ1) is 11.7. The van der Waals surface area contributed by atoms with Crippen molar-refractivity contribution in [2.45, 2.75) is 29.4 Å². The molecule has 8 heteroatoms. The second kappa shape index (κ2) is 7.97. The van der Waals surface area contributed by atoms with Gasteiger partial charge in [0.05, 0.1) is 10.6 Å². The van der Waals surface area contributed by atoms with Gasteiger partial charge in [-0.05, 0) is 61.4 Å². The van der Waals surface area contributed by atoms with Crippen LogP contribution in [0.1, 0.15) is 11.1 Å². The van der Waals surface area contributed by atoms with Gasteiger partial charge in [-0.15, -0.1) is 11.8 Å². The van der Waals surface area contributed by atoms with E-state index in [1.807, 2.05) is 32.0 Å². The smallest absolute Gasteiger partial charge is 0.325 e. The van der Waals surface area contributed by atoms with Gasteiger partial charge >= 0.3 is 5.76 Å². The van der Waals surface area contributed by atoms with Gasteiger partial charge in [-0.1, -0.05) is 6.07 Å². The lowest BCUT2D eigenvalue weighted by atomic mass is 10.1. The molecule has 0 saturated heterocycles. The number of carbonyl (C=O) groups excluding carboxylic acids is 1. The number of hydrogen-bond donors (Lipinski definition) is 1. The summed E-state index contributed by atoms with van der Waals surface area (Å²) in [6.45, 7) is 4.00. The lowest BCUT2D eigenvalue weighted by Crippen LogP contribution is -2.14. The molecule has 0 saturated carbocycles. The molecule has 25 heavy (non-hydrogen) atoms. The van der Waals surface area contributed by atoms with Gasteiger partial charge in [0.25, 0.3) is 0 Å². The van der Waals surface area contributed by atoms with Crippen LogP contribution >= 0.6 is 11.8 Å². The summed E-state index contributed by atoms with van der Waals surface area (Å²) < 4.78 is 47.6. The topological polar surface area (TPSA) is 63.2 Å². The summed E-state index contributed by atoms with van der Waals surface area (Å²) in [7, 11) is -4.63. The number of aryl methyl sites for hydroxylation is 2. The van der Waals surface area contributed by atoms with E-state index in [1.165, 1.54) is 29.5 Å². The third-order valence-corrected chi connectivity index (χ3v) is 5.94. The van der Waals surface area contributed by atoms with E-state index in [1.54, 1.807) is 0 Å². The zero-order valence-electron chi connectivity index (χ0n) is 13.6. The van der Waals surface area contributed by atoms with Crippen LogP contribution in [0.3, 0.4) is 0 Å². The first-order valence-electron chi connectivity index (χ1n) is 7.32. The summed E-state index contributed by atoms with van der Waals surface area (Å²) in [6.07, 6.45) is 0. The Bertz CT molecular complexity index is 866. The minimum Gasteiger partial charge on any atom is -0.325 e. The highest BCUT2D eigenvalue weighted by molar-refractivity contribution is 8.00. The van der Waals surface area contributed by atoms with Crippen LogP contribution in [0.15, 0.2) is 52.3 Å². The maximum Gasteiger partial charge on any atom is 0.341 e. The van der Waals surface area contributed by atoms with E-state index in [0.717, 1.165) is 22.6 Å². The van der Waals surface area contributed by atoms with Crippen LogP contribution < -0.4 is 5.32 Å². The molecule has 0 unspecified atom stereocenters. The summed E-state index contributed by atoms with van der Waals surface area (Å²) in [5.41, 5.74) is 2.66. The van der Waals surface area contributed by atoms with Gasteiger partial charge in [0, 0.05) is 10.6 Å². The van der Waals surface area contributed by atoms with E-state index >= 15 is 0 Å². The standard InChI is InChI=1S/C17H17F2NO3S2/c1-11-3-6-14(9-12(11)2)24-10-16(21)20-13-4-7-15(8-5-13)25(22,23)17(18)19/h3-9,17H,10H2,1-2H3,(H,20,21). The van der Waals surface area contributed by atoms with Crippen molar-refractivity contribution in [2.24, 2.45) is 0 Å². The van der Waals surface area contributed by atoms with Gasteiger partial charge in [0.2, 0.25) is 15.7 Å². The molecule has 0 spiro atoms. The van der Waals surface area contributed by atoms with Crippen LogP contribution in [0, 0.1) is 13.8 Å². The van der Waals surface area contributed by atoms with Gasteiger partial charge < -0.3 is 5.32 Å². The van der Waals surface area contributed by atoms with Gasteiger partial charge in [0.1, 0.15) is 0 Å². The van der Waals surface area contributed by atoms with Gasteiger partial charge in [0.15, 0.2) is 0 Å². The van der Waals surface area contributed by atoms with Crippen molar-refractivity contribution in [3.8, 4) is 0 Å². The van der Waals surface area contributed by atoms with E-state index in [-0.39, 0.29) is 11.7 Å². The molecule has 1 amide bonds. The Kier molecular flexibility index (Phi) is 6.18. The first-order valence-corrected chi connectivity index (χ1v) is 9.85. The quantitative estimate of drug-likeness (QED) is 0.763. The predicted octanol–water partition coefficient (Wildman–Crippen LogP) is 4.03. The SMILES string of the molecule is Cc1ccc(SCC(=O)Nc2ccc(S(=O)(=O)C(F)F)cc2)cc1C. The maximum atomic E-state index is 12.5.